The van der Waals surface area contributed by atoms with Crippen LogP contribution in [0.5, 0.6) is 0 Å². The van der Waals surface area contributed by atoms with Crippen molar-refractivity contribution in [3.8, 4) is 0 Å². The summed E-state index contributed by atoms with van der Waals surface area (Å²) in [7, 11) is 0. The van der Waals surface area contributed by atoms with E-state index in [1.807, 2.05) is 0 Å². The van der Waals surface area contributed by atoms with Gasteiger partial charge in [0.25, 0.3) is 5.92 Å². The third-order valence-electron chi connectivity index (χ3n) is 2.70. The lowest BCUT2D eigenvalue weighted by Gasteiger charge is -2.21. The van der Waals surface area contributed by atoms with Crippen LogP contribution < -0.4 is 0 Å². The summed E-state index contributed by atoms with van der Waals surface area (Å²) in [6.07, 6.45) is 0.865. The van der Waals surface area contributed by atoms with E-state index < -0.39 is 11.9 Å². The molecule has 1 heterocycles. The highest BCUT2D eigenvalue weighted by atomic mass is 19.3. The monoisotopic (exact) mass is 229 g/mol. The summed E-state index contributed by atoms with van der Waals surface area (Å²) in [6.45, 7) is 1.91. The molecular formula is C11H13F2NO2. The number of H-pyrrole nitrogens is 1. The molecule has 2 rings (SSSR count). The van der Waals surface area contributed by atoms with Crippen LogP contribution in [0.2, 0.25) is 0 Å². The Kier molecular flexibility index (Phi) is 2.69. The van der Waals surface area contributed by atoms with E-state index >= 15 is 0 Å². The van der Waals surface area contributed by atoms with Crippen LogP contribution in [0.4, 0.5) is 8.78 Å². The molecule has 0 radical (unpaired) electrons. The predicted octanol–water partition coefficient (Wildman–Crippen LogP) is 2.62. The number of hydrogen-bond donors (Lipinski definition) is 1. The fourth-order valence-corrected chi connectivity index (χ4v) is 1.97. The van der Waals surface area contributed by atoms with E-state index in [0.29, 0.717) is 18.4 Å². The second kappa shape index (κ2) is 3.88. The van der Waals surface area contributed by atoms with Crippen LogP contribution in [0.1, 0.15) is 41.5 Å². The summed E-state index contributed by atoms with van der Waals surface area (Å²) >= 11 is 0. The molecule has 0 unspecified atom stereocenters. The first kappa shape index (κ1) is 11.1. The van der Waals surface area contributed by atoms with E-state index in [1.54, 1.807) is 6.92 Å². The van der Waals surface area contributed by atoms with Gasteiger partial charge in [-0.3, -0.25) is 0 Å². The van der Waals surface area contributed by atoms with Crippen molar-refractivity contribution in [3.05, 3.63) is 23.0 Å². The van der Waals surface area contributed by atoms with E-state index in [-0.39, 0.29) is 24.4 Å². The number of aryl methyl sites for hydroxylation is 1. The Bertz CT molecular complexity index is 412. The molecule has 5 heteroatoms. The fraction of sp³-hybridized carbons (Fsp3) is 0.545. The highest BCUT2D eigenvalue weighted by Gasteiger charge is 2.39. The van der Waals surface area contributed by atoms with E-state index in [9.17, 15) is 13.6 Å². The molecular weight excluding hydrogens is 216 g/mol. The van der Waals surface area contributed by atoms with Crippen molar-refractivity contribution in [3.63, 3.8) is 0 Å². The first-order chi connectivity index (χ1) is 7.54. The highest BCUT2D eigenvalue weighted by molar-refractivity contribution is 5.88. The Morgan fingerprint density at radius 2 is 2.38 bits per heavy atom. The maximum atomic E-state index is 13.5. The lowest BCUT2D eigenvalue weighted by molar-refractivity contribution is -0.0256. The summed E-state index contributed by atoms with van der Waals surface area (Å²) in [6, 6.07) is 1.47. The van der Waals surface area contributed by atoms with Crippen molar-refractivity contribution < 1.29 is 18.3 Å². The van der Waals surface area contributed by atoms with Crippen LogP contribution in [-0.2, 0) is 17.1 Å². The van der Waals surface area contributed by atoms with E-state index in [1.165, 1.54) is 6.07 Å². The maximum absolute atomic E-state index is 13.5. The second-order valence-corrected chi connectivity index (χ2v) is 3.86. The minimum atomic E-state index is -2.85. The smallest absolute Gasteiger partial charge is 0.354 e. The van der Waals surface area contributed by atoms with Gasteiger partial charge in [0.15, 0.2) is 0 Å². The van der Waals surface area contributed by atoms with Gasteiger partial charge >= 0.3 is 5.97 Å². The van der Waals surface area contributed by atoms with Gasteiger partial charge in [-0.2, -0.15) is 8.78 Å². The van der Waals surface area contributed by atoms with Gasteiger partial charge in [0.1, 0.15) is 5.69 Å². The predicted molar refractivity (Wildman–Crippen MR) is 53.6 cm³/mol. The Labute approximate surface area is 91.8 Å². The fourth-order valence-electron chi connectivity index (χ4n) is 1.97. The molecule has 0 spiro atoms. The number of ether oxygens (including phenoxy) is 1. The molecule has 88 valence electrons. The molecule has 0 aromatic carbocycles. The van der Waals surface area contributed by atoms with Gasteiger partial charge in [-0.1, -0.05) is 0 Å². The van der Waals surface area contributed by atoms with Crippen molar-refractivity contribution >= 4 is 5.97 Å². The van der Waals surface area contributed by atoms with Gasteiger partial charge in [-0.15, -0.1) is 0 Å². The summed E-state index contributed by atoms with van der Waals surface area (Å²) in [5.74, 6) is -3.43. The Hall–Kier alpha value is -1.39. The SMILES string of the molecule is CCOC(=O)c1cc2c([nH]1)C(F)(F)CCC2. The summed E-state index contributed by atoms with van der Waals surface area (Å²) in [5.41, 5.74) is 0.523. The Morgan fingerprint density at radius 1 is 1.62 bits per heavy atom. The molecule has 1 aromatic rings. The number of aromatic amines is 1. The zero-order chi connectivity index (χ0) is 11.8. The van der Waals surface area contributed by atoms with Gasteiger partial charge in [0.2, 0.25) is 0 Å². The third-order valence-corrected chi connectivity index (χ3v) is 2.70. The van der Waals surface area contributed by atoms with Gasteiger partial charge < -0.3 is 9.72 Å². The van der Waals surface area contributed by atoms with Gasteiger partial charge in [-0.05, 0) is 31.4 Å². The van der Waals surface area contributed by atoms with Gasteiger partial charge in [0, 0.05) is 6.42 Å². The number of rotatable bonds is 2. The standard InChI is InChI=1S/C11H13F2NO2/c1-2-16-10(15)8-6-7-4-3-5-11(12,13)9(7)14-8/h6,14H,2-5H2,1H3. The van der Waals surface area contributed by atoms with Crippen molar-refractivity contribution in [2.75, 3.05) is 6.61 Å². The number of carbonyl (C=O) groups is 1. The van der Waals surface area contributed by atoms with Crippen LogP contribution in [-0.4, -0.2) is 17.6 Å². The Morgan fingerprint density at radius 3 is 3.00 bits per heavy atom. The quantitative estimate of drug-likeness (QED) is 0.792. The number of alkyl halides is 2. The van der Waals surface area contributed by atoms with Crippen molar-refractivity contribution in [2.45, 2.75) is 32.1 Å². The molecule has 3 nitrogen and oxygen atoms in total. The van der Waals surface area contributed by atoms with E-state index in [4.69, 9.17) is 4.74 Å². The van der Waals surface area contributed by atoms with E-state index in [2.05, 4.69) is 4.98 Å². The van der Waals surface area contributed by atoms with Crippen LogP contribution in [0.3, 0.4) is 0 Å². The zero-order valence-corrected chi connectivity index (χ0v) is 8.98. The molecule has 1 aromatic heterocycles. The largest absolute Gasteiger partial charge is 0.461 e. The number of hydrogen-bond acceptors (Lipinski definition) is 2. The molecule has 1 aliphatic carbocycles. The summed E-state index contributed by atoms with van der Waals surface area (Å²) in [5, 5.41) is 0. The maximum Gasteiger partial charge on any atom is 0.354 e. The third kappa shape index (κ3) is 1.81. The molecule has 0 fully saturated rings. The zero-order valence-electron chi connectivity index (χ0n) is 8.98. The summed E-state index contributed by atoms with van der Waals surface area (Å²) < 4.78 is 31.7. The lowest BCUT2D eigenvalue weighted by atomic mass is 9.95. The molecule has 1 aliphatic rings. The molecule has 0 bridgehead atoms. The number of nitrogens with one attached hydrogen (secondary N) is 1. The normalized spacial score (nSPS) is 17.9. The second-order valence-electron chi connectivity index (χ2n) is 3.86. The van der Waals surface area contributed by atoms with E-state index in [0.717, 1.165) is 0 Å². The number of carbonyl (C=O) groups excluding carboxylic acids is 1. The molecule has 0 amide bonds. The van der Waals surface area contributed by atoms with Gasteiger partial charge in [0.05, 0.1) is 12.3 Å². The molecule has 0 aliphatic heterocycles. The minimum absolute atomic E-state index is 0.119. The molecule has 0 saturated heterocycles. The summed E-state index contributed by atoms with van der Waals surface area (Å²) in [4.78, 5) is 13.9. The average Bonchev–Trinajstić information content (AvgIpc) is 2.63. The molecule has 0 saturated carbocycles. The van der Waals surface area contributed by atoms with Crippen molar-refractivity contribution in [1.82, 2.24) is 4.98 Å². The van der Waals surface area contributed by atoms with Crippen LogP contribution in [0.15, 0.2) is 6.07 Å². The van der Waals surface area contributed by atoms with Crippen LogP contribution in [0, 0.1) is 0 Å². The number of esters is 1. The van der Waals surface area contributed by atoms with Crippen molar-refractivity contribution in [2.24, 2.45) is 0 Å². The van der Waals surface area contributed by atoms with Crippen molar-refractivity contribution in [1.29, 1.82) is 0 Å². The average molecular weight is 229 g/mol. The minimum Gasteiger partial charge on any atom is -0.461 e. The number of fused-ring (bicyclic) bond motifs is 1. The van der Waals surface area contributed by atoms with Crippen LogP contribution in [0.25, 0.3) is 0 Å². The lowest BCUT2D eigenvalue weighted by Crippen LogP contribution is -2.20. The Balaban J connectivity index is 2.33. The molecule has 1 N–H and O–H groups in total. The molecule has 0 atom stereocenters. The number of halogens is 2. The topological polar surface area (TPSA) is 42.1 Å². The first-order valence-corrected chi connectivity index (χ1v) is 5.32. The highest BCUT2D eigenvalue weighted by Crippen LogP contribution is 2.39. The van der Waals surface area contributed by atoms with Crippen LogP contribution >= 0.6 is 0 Å². The first-order valence-electron chi connectivity index (χ1n) is 5.32. The van der Waals surface area contributed by atoms with Gasteiger partial charge in [-0.25, -0.2) is 4.79 Å². The number of aromatic nitrogens is 1. The molecule has 16 heavy (non-hydrogen) atoms.